The van der Waals surface area contributed by atoms with Gasteiger partial charge in [-0.3, -0.25) is 0 Å². The van der Waals surface area contributed by atoms with Crippen molar-refractivity contribution in [1.82, 2.24) is 0 Å². The van der Waals surface area contributed by atoms with Gasteiger partial charge < -0.3 is 18.9 Å². The number of methoxy groups -OCH3 is 3. The Morgan fingerprint density at radius 1 is 0.917 bits per heavy atom. The molecule has 0 saturated heterocycles. The number of carbonyl (C=O) groups is 1. The van der Waals surface area contributed by atoms with Crippen LogP contribution in [-0.4, -0.2) is 27.3 Å². The van der Waals surface area contributed by atoms with Crippen LogP contribution >= 0.6 is 0 Å². The van der Waals surface area contributed by atoms with E-state index in [0.29, 0.717) is 22.8 Å². The molecular formula is C19H20O5. The van der Waals surface area contributed by atoms with Crippen molar-refractivity contribution in [2.75, 3.05) is 21.3 Å². The van der Waals surface area contributed by atoms with Crippen molar-refractivity contribution >= 4 is 12.0 Å². The molecule has 0 aromatic heterocycles. The van der Waals surface area contributed by atoms with Gasteiger partial charge in [0, 0.05) is 17.7 Å². The molecule has 0 radical (unpaired) electrons. The lowest BCUT2D eigenvalue weighted by molar-refractivity contribution is -0.138. The average Bonchev–Trinajstić information content (AvgIpc) is 2.64. The SMILES string of the molecule is COc1cc(OC)c(OC)cc1/C=C/C(=O)OCc1ccccc1. The fourth-order valence-electron chi connectivity index (χ4n) is 2.12. The highest BCUT2D eigenvalue weighted by atomic mass is 16.5. The molecule has 0 heterocycles. The van der Waals surface area contributed by atoms with Crippen LogP contribution in [0.25, 0.3) is 6.08 Å². The first-order chi connectivity index (χ1) is 11.7. The van der Waals surface area contributed by atoms with Gasteiger partial charge in [0.15, 0.2) is 11.5 Å². The minimum Gasteiger partial charge on any atom is -0.496 e. The van der Waals surface area contributed by atoms with Gasteiger partial charge in [-0.1, -0.05) is 30.3 Å². The minimum absolute atomic E-state index is 0.229. The Morgan fingerprint density at radius 2 is 1.54 bits per heavy atom. The van der Waals surface area contributed by atoms with Crippen LogP contribution in [0.5, 0.6) is 17.2 Å². The van der Waals surface area contributed by atoms with Crippen molar-refractivity contribution in [2.24, 2.45) is 0 Å². The van der Waals surface area contributed by atoms with Crippen LogP contribution in [0.15, 0.2) is 48.5 Å². The molecular weight excluding hydrogens is 308 g/mol. The lowest BCUT2D eigenvalue weighted by Crippen LogP contribution is -2.00. The van der Waals surface area contributed by atoms with Crippen molar-refractivity contribution in [1.29, 1.82) is 0 Å². The molecule has 0 N–H and O–H groups in total. The van der Waals surface area contributed by atoms with Gasteiger partial charge in [-0.15, -0.1) is 0 Å². The molecule has 0 aliphatic rings. The summed E-state index contributed by atoms with van der Waals surface area (Å²) in [6.07, 6.45) is 2.97. The molecule has 2 rings (SSSR count). The molecule has 0 saturated carbocycles. The molecule has 5 nitrogen and oxygen atoms in total. The maximum absolute atomic E-state index is 11.9. The zero-order chi connectivity index (χ0) is 17.4. The predicted octanol–water partition coefficient (Wildman–Crippen LogP) is 3.47. The fourth-order valence-corrected chi connectivity index (χ4v) is 2.12. The third-order valence-corrected chi connectivity index (χ3v) is 3.36. The van der Waals surface area contributed by atoms with Crippen LogP contribution in [0.2, 0.25) is 0 Å². The van der Waals surface area contributed by atoms with E-state index in [2.05, 4.69) is 0 Å². The van der Waals surface area contributed by atoms with Gasteiger partial charge in [-0.25, -0.2) is 4.79 Å². The summed E-state index contributed by atoms with van der Waals surface area (Å²) in [5.74, 6) is 1.24. The summed E-state index contributed by atoms with van der Waals surface area (Å²) < 4.78 is 21.0. The second kappa shape index (κ2) is 8.62. The Balaban J connectivity index is 2.08. The average molecular weight is 328 g/mol. The lowest BCUT2D eigenvalue weighted by Gasteiger charge is -2.12. The van der Waals surface area contributed by atoms with Gasteiger partial charge in [-0.05, 0) is 17.7 Å². The lowest BCUT2D eigenvalue weighted by atomic mass is 10.1. The molecule has 0 aliphatic heterocycles. The molecule has 2 aromatic carbocycles. The normalized spacial score (nSPS) is 10.5. The van der Waals surface area contributed by atoms with E-state index in [9.17, 15) is 4.79 Å². The van der Waals surface area contributed by atoms with Gasteiger partial charge in [-0.2, -0.15) is 0 Å². The Labute approximate surface area is 141 Å². The minimum atomic E-state index is -0.435. The smallest absolute Gasteiger partial charge is 0.331 e. The van der Waals surface area contributed by atoms with Crippen LogP contribution in [0.1, 0.15) is 11.1 Å². The van der Waals surface area contributed by atoms with Gasteiger partial charge in [0.05, 0.1) is 21.3 Å². The van der Waals surface area contributed by atoms with Crippen LogP contribution in [0, 0.1) is 0 Å². The molecule has 5 heteroatoms. The topological polar surface area (TPSA) is 54.0 Å². The highest BCUT2D eigenvalue weighted by molar-refractivity contribution is 5.87. The summed E-state index contributed by atoms with van der Waals surface area (Å²) in [6, 6.07) is 12.9. The first kappa shape index (κ1) is 17.4. The number of benzene rings is 2. The molecule has 0 amide bonds. The third kappa shape index (κ3) is 4.52. The largest absolute Gasteiger partial charge is 0.496 e. The summed E-state index contributed by atoms with van der Waals surface area (Å²) in [4.78, 5) is 11.9. The van der Waals surface area contributed by atoms with E-state index in [1.165, 1.54) is 6.08 Å². The number of hydrogen-bond acceptors (Lipinski definition) is 5. The Morgan fingerprint density at radius 3 is 2.17 bits per heavy atom. The zero-order valence-electron chi connectivity index (χ0n) is 13.9. The van der Waals surface area contributed by atoms with E-state index in [-0.39, 0.29) is 6.61 Å². The van der Waals surface area contributed by atoms with E-state index in [1.807, 2.05) is 30.3 Å². The Kier molecular flexibility index (Phi) is 6.25. The van der Waals surface area contributed by atoms with Crippen molar-refractivity contribution < 1.29 is 23.7 Å². The standard InChI is InChI=1S/C19H20O5/c1-21-16-12-18(23-3)17(22-2)11-15(16)9-10-19(20)24-13-14-7-5-4-6-8-14/h4-12H,13H2,1-3H3/b10-9+. The van der Waals surface area contributed by atoms with E-state index >= 15 is 0 Å². The number of esters is 1. The van der Waals surface area contributed by atoms with Crippen LogP contribution in [0.4, 0.5) is 0 Å². The second-order valence-electron chi connectivity index (χ2n) is 4.88. The van der Waals surface area contributed by atoms with Gasteiger partial charge in [0.1, 0.15) is 12.4 Å². The molecule has 0 fully saturated rings. The van der Waals surface area contributed by atoms with Gasteiger partial charge in [0.2, 0.25) is 0 Å². The van der Waals surface area contributed by atoms with Gasteiger partial charge in [0.25, 0.3) is 0 Å². The third-order valence-electron chi connectivity index (χ3n) is 3.36. The summed E-state index contributed by atoms with van der Waals surface area (Å²) in [5.41, 5.74) is 1.62. The van der Waals surface area contributed by atoms with Crippen LogP contribution in [-0.2, 0) is 16.1 Å². The highest BCUT2D eigenvalue weighted by Gasteiger charge is 2.10. The molecule has 126 valence electrons. The number of carbonyl (C=O) groups excluding carboxylic acids is 1. The van der Waals surface area contributed by atoms with Crippen molar-refractivity contribution in [2.45, 2.75) is 6.61 Å². The van der Waals surface area contributed by atoms with Gasteiger partial charge >= 0.3 is 5.97 Å². The van der Waals surface area contributed by atoms with Crippen molar-refractivity contribution in [3.8, 4) is 17.2 Å². The molecule has 0 aliphatic carbocycles. The Hall–Kier alpha value is -2.95. The summed E-state index contributed by atoms with van der Waals surface area (Å²) >= 11 is 0. The van der Waals surface area contributed by atoms with Crippen LogP contribution < -0.4 is 14.2 Å². The zero-order valence-corrected chi connectivity index (χ0v) is 13.9. The molecule has 0 spiro atoms. The maximum atomic E-state index is 11.9. The molecule has 2 aromatic rings. The monoisotopic (exact) mass is 328 g/mol. The second-order valence-corrected chi connectivity index (χ2v) is 4.88. The van der Waals surface area contributed by atoms with Crippen molar-refractivity contribution in [3.63, 3.8) is 0 Å². The molecule has 0 bridgehead atoms. The number of rotatable bonds is 7. The summed E-state index contributed by atoms with van der Waals surface area (Å²) in [5, 5.41) is 0. The first-order valence-corrected chi connectivity index (χ1v) is 7.36. The molecule has 0 atom stereocenters. The van der Waals surface area contributed by atoms with Crippen molar-refractivity contribution in [3.05, 3.63) is 59.7 Å². The van der Waals surface area contributed by atoms with E-state index < -0.39 is 5.97 Å². The van der Waals surface area contributed by atoms with E-state index in [0.717, 1.165) is 5.56 Å². The maximum Gasteiger partial charge on any atom is 0.331 e. The fraction of sp³-hybridized carbons (Fsp3) is 0.211. The summed E-state index contributed by atoms with van der Waals surface area (Å²) in [7, 11) is 4.64. The van der Waals surface area contributed by atoms with E-state index in [4.69, 9.17) is 18.9 Å². The number of hydrogen-bond donors (Lipinski definition) is 0. The predicted molar refractivity (Wildman–Crippen MR) is 91.4 cm³/mol. The molecule has 24 heavy (non-hydrogen) atoms. The Bertz CT molecular complexity index is 707. The number of ether oxygens (including phenoxy) is 4. The highest BCUT2D eigenvalue weighted by Crippen LogP contribution is 2.35. The quantitative estimate of drug-likeness (QED) is 0.575. The van der Waals surface area contributed by atoms with Crippen LogP contribution in [0.3, 0.4) is 0 Å². The van der Waals surface area contributed by atoms with E-state index in [1.54, 1.807) is 39.5 Å². The molecule has 0 unspecified atom stereocenters. The summed E-state index contributed by atoms with van der Waals surface area (Å²) in [6.45, 7) is 0.229. The first-order valence-electron chi connectivity index (χ1n) is 7.36.